The first-order chi connectivity index (χ1) is 12.1. The van der Waals surface area contributed by atoms with Crippen molar-refractivity contribution in [2.75, 3.05) is 18.0 Å². The van der Waals surface area contributed by atoms with Crippen LogP contribution in [0.2, 0.25) is 5.02 Å². The summed E-state index contributed by atoms with van der Waals surface area (Å²) in [6.07, 6.45) is 1.03. The molecule has 0 bridgehead atoms. The average Bonchev–Trinajstić information content (AvgIpc) is 3.11. The van der Waals surface area contributed by atoms with Crippen molar-refractivity contribution >= 4 is 34.3 Å². The minimum atomic E-state index is -0.889. The zero-order valence-corrected chi connectivity index (χ0v) is 14.3. The molecule has 126 valence electrons. The molecule has 0 radical (unpaired) electrons. The summed E-state index contributed by atoms with van der Waals surface area (Å²) in [6.45, 7) is 1.83. The van der Waals surface area contributed by atoms with Crippen molar-refractivity contribution in [2.24, 2.45) is 0 Å². The van der Waals surface area contributed by atoms with Gasteiger partial charge in [-0.05, 0) is 54.4 Å². The molecule has 1 aliphatic heterocycles. The largest absolute Gasteiger partial charge is 0.478 e. The number of hydrogen-bond donors (Lipinski definition) is 1. The maximum absolute atomic E-state index is 11.0. The highest BCUT2D eigenvalue weighted by atomic mass is 35.5. The van der Waals surface area contributed by atoms with E-state index in [1.165, 1.54) is 5.56 Å². The molecule has 1 saturated heterocycles. The van der Waals surface area contributed by atoms with Crippen molar-refractivity contribution < 1.29 is 9.90 Å². The Bertz CT molecular complexity index is 940. The first kappa shape index (κ1) is 15.9. The molecule has 0 amide bonds. The van der Waals surface area contributed by atoms with Gasteiger partial charge in [-0.2, -0.15) is 0 Å². The van der Waals surface area contributed by atoms with E-state index in [-0.39, 0.29) is 0 Å². The van der Waals surface area contributed by atoms with Crippen LogP contribution in [0.3, 0.4) is 0 Å². The summed E-state index contributed by atoms with van der Waals surface area (Å²) in [6, 6.07) is 17.0. The van der Waals surface area contributed by atoms with E-state index in [2.05, 4.69) is 11.0 Å². The molecule has 0 aliphatic carbocycles. The third kappa shape index (κ3) is 3.17. The van der Waals surface area contributed by atoms with Gasteiger partial charge in [0.25, 0.3) is 0 Å². The summed E-state index contributed by atoms with van der Waals surface area (Å²) in [4.78, 5) is 18.0. The fourth-order valence-corrected chi connectivity index (χ4v) is 3.58. The Labute approximate surface area is 150 Å². The molecule has 0 spiro atoms. The van der Waals surface area contributed by atoms with Crippen LogP contribution in [0.1, 0.15) is 28.3 Å². The molecule has 1 aromatic heterocycles. The lowest BCUT2D eigenvalue weighted by Crippen LogP contribution is -2.20. The summed E-state index contributed by atoms with van der Waals surface area (Å²) in [5.41, 5.74) is 2.45. The molecule has 2 aromatic carbocycles. The Hall–Kier alpha value is -2.59. The van der Waals surface area contributed by atoms with Crippen molar-refractivity contribution in [3.63, 3.8) is 0 Å². The quantitative estimate of drug-likeness (QED) is 0.749. The topological polar surface area (TPSA) is 53.4 Å². The van der Waals surface area contributed by atoms with Crippen LogP contribution in [-0.4, -0.2) is 29.1 Å². The molecule has 1 fully saturated rings. The monoisotopic (exact) mass is 352 g/mol. The Morgan fingerprint density at radius 1 is 1.12 bits per heavy atom. The van der Waals surface area contributed by atoms with Crippen molar-refractivity contribution in [1.82, 2.24) is 4.98 Å². The number of carbonyl (C=O) groups is 1. The zero-order valence-electron chi connectivity index (χ0n) is 13.5. The van der Waals surface area contributed by atoms with Gasteiger partial charge in [-0.25, -0.2) is 9.78 Å². The predicted octanol–water partition coefficient (Wildman–Crippen LogP) is 4.58. The Morgan fingerprint density at radius 3 is 2.68 bits per heavy atom. The number of carboxylic acids is 1. The lowest BCUT2D eigenvalue weighted by molar-refractivity contribution is 0.0697. The molecule has 0 saturated carbocycles. The smallest absolute Gasteiger partial charge is 0.335 e. The molecule has 5 heteroatoms. The Kier molecular flexibility index (Phi) is 4.06. The maximum atomic E-state index is 11.0. The molecular formula is C20H17ClN2O2. The SMILES string of the molecule is O=C(O)c1ccc([C@@H]2CCN(c3ccc4cc(Cl)ccc4n3)C2)cc1. The van der Waals surface area contributed by atoms with Gasteiger partial charge in [0.2, 0.25) is 0 Å². The van der Waals surface area contributed by atoms with E-state index >= 15 is 0 Å². The second kappa shape index (κ2) is 6.37. The van der Waals surface area contributed by atoms with E-state index in [1.807, 2.05) is 36.4 Å². The number of pyridine rings is 1. The summed E-state index contributed by atoms with van der Waals surface area (Å²) in [7, 11) is 0. The van der Waals surface area contributed by atoms with Crippen molar-refractivity contribution in [3.8, 4) is 0 Å². The number of anilines is 1. The summed E-state index contributed by atoms with van der Waals surface area (Å²) in [5.74, 6) is 0.477. The molecule has 1 atom stereocenters. The number of nitrogens with zero attached hydrogens (tertiary/aromatic N) is 2. The third-order valence-electron chi connectivity index (χ3n) is 4.78. The highest BCUT2D eigenvalue weighted by Crippen LogP contribution is 2.31. The molecular weight excluding hydrogens is 336 g/mol. The molecule has 1 aliphatic rings. The van der Waals surface area contributed by atoms with Crippen molar-refractivity contribution in [2.45, 2.75) is 12.3 Å². The van der Waals surface area contributed by atoms with Crippen LogP contribution in [0.4, 0.5) is 5.82 Å². The summed E-state index contributed by atoms with van der Waals surface area (Å²) in [5, 5.41) is 10.8. The van der Waals surface area contributed by atoms with Crippen molar-refractivity contribution in [3.05, 3.63) is 70.7 Å². The lowest BCUT2D eigenvalue weighted by atomic mass is 9.97. The van der Waals surface area contributed by atoms with Gasteiger partial charge in [0, 0.05) is 29.4 Å². The normalized spacial score (nSPS) is 17.2. The van der Waals surface area contributed by atoms with Crippen LogP contribution < -0.4 is 4.90 Å². The first-order valence-corrected chi connectivity index (χ1v) is 8.62. The van der Waals surface area contributed by atoms with Crippen LogP contribution in [0.5, 0.6) is 0 Å². The van der Waals surface area contributed by atoms with E-state index in [0.29, 0.717) is 16.5 Å². The molecule has 2 heterocycles. The number of rotatable bonds is 3. The minimum Gasteiger partial charge on any atom is -0.478 e. The number of hydrogen-bond acceptors (Lipinski definition) is 3. The van der Waals surface area contributed by atoms with Crippen LogP contribution in [0.25, 0.3) is 10.9 Å². The Balaban J connectivity index is 1.53. The van der Waals surface area contributed by atoms with Crippen LogP contribution >= 0.6 is 11.6 Å². The fraction of sp³-hybridized carbons (Fsp3) is 0.200. The summed E-state index contributed by atoms with van der Waals surface area (Å²) < 4.78 is 0. The zero-order chi connectivity index (χ0) is 17.4. The van der Waals surface area contributed by atoms with Gasteiger partial charge in [0.15, 0.2) is 0 Å². The van der Waals surface area contributed by atoms with Crippen LogP contribution in [0.15, 0.2) is 54.6 Å². The number of fused-ring (bicyclic) bond motifs is 1. The highest BCUT2D eigenvalue weighted by Gasteiger charge is 2.25. The number of carboxylic acid groups (broad SMARTS) is 1. The molecule has 0 unspecified atom stereocenters. The van der Waals surface area contributed by atoms with E-state index in [9.17, 15) is 4.79 Å². The van der Waals surface area contributed by atoms with Gasteiger partial charge < -0.3 is 10.0 Å². The van der Waals surface area contributed by atoms with Gasteiger partial charge >= 0.3 is 5.97 Å². The molecule has 1 N–H and O–H groups in total. The average molecular weight is 353 g/mol. The maximum Gasteiger partial charge on any atom is 0.335 e. The van der Waals surface area contributed by atoms with Gasteiger partial charge in [-0.15, -0.1) is 0 Å². The van der Waals surface area contributed by atoms with Gasteiger partial charge in [-0.3, -0.25) is 0 Å². The second-order valence-corrected chi connectivity index (χ2v) is 6.80. The van der Waals surface area contributed by atoms with Gasteiger partial charge in [0.05, 0.1) is 11.1 Å². The van der Waals surface area contributed by atoms with E-state index in [0.717, 1.165) is 36.2 Å². The predicted molar refractivity (Wildman–Crippen MR) is 99.7 cm³/mol. The highest BCUT2D eigenvalue weighted by molar-refractivity contribution is 6.31. The van der Waals surface area contributed by atoms with E-state index in [4.69, 9.17) is 21.7 Å². The number of halogens is 1. The standard InChI is InChI=1S/C20H17ClN2O2/c21-17-6-7-18-15(11-17)5-8-19(22-18)23-10-9-16(12-23)13-1-3-14(4-2-13)20(24)25/h1-8,11,16H,9-10,12H2,(H,24,25)/t16-/m1/s1. The van der Waals surface area contributed by atoms with E-state index < -0.39 is 5.97 Å². The third-order valence-corrected chi connectivity index (χ3v) is 5.01. The summed E-state index contributed by atoms with van der Waals surface area (Å²) >= 11 is 6.03. The van der Waals surface area contributed by atoms with E-state index in [1.54, 1.807) is 12.1 Å². The molecule has 3 aromatic rings. The first-order valence-electron chi connectivity index (χ1n) is 8.25. The lowest BCUT2D eigenvalue weighted by Gasteiger charge is -2.18. The number of aromatic nitrogens is 1. The number of aromatic carboxylic acids is 1. The minimum absolute atomic E-state index is 0.327. The molecule has 25 heavy (non-hydrogen) atoms. The molecule has 4 rings (SSSR count). The van der Waals surface area contributed by atoms with Crippen molar-refractivity contribution in [1.29, 1.82) is 0 Å². The Morgan fingerprint density at radius 2 is 1.92 bits per heavy atom. The van der Waals surface area contributed by atoms with Crippen LogP contribution in [-0.2, 0) is 0 Å². The van der Waals surface area contributed by atoms with Crippen LogP contribution in [0, 0.1) is 0 Å². The van der Waals surface area contributed by atoms with Gasteiger partial charge in [0.1, 0.15) is 5.82 Å². The van der Waals surface area contributed by atoms with Gasteiger partial charge in [-0.1, -0.05) is 23.7 Å². The molecule has 4 nitrogen and oxygen atoms in total. The second-order valence-electron chi connectivity index (χ2n) is 6.37. The fourth-order valence-electron chi connectivity index (χ4n) is 3.40. The number of benzene rings is 2.